The first-order valence-electron chi connectivity index (χ1n) is 12.9. The minimum Gasteiger partial charge on any atom is -0.309 e. The highest BCUT2D eigenvalue weighted by Gasteiger charge is 2.25. The zero-order valence-corrected chi connectivity index (χ0v) is 20.3. The molecule has 0 aliphatic carbocycles. The van der Waals surface area contributed by atoms with E-state index in [-0.39, 0.29) is 0 Å². The first kappa shape index (κ1) is 19.8. The lowest BCUT2D eigenvalue weighted by Crippen LogP contribution is -1.97. The van der Waals surface area contributed by atoms with Crippen LogP contribution in [0.5, 0.6) is 0 Å². The minimum atomic E-state index is 0.682. The van der Waals surface area contributed by atoms with Crippen LogP contribution in [0.15, 0.2) is 115 Å². The Morgan fingerprint density at radius 2 is 1.26 bits per heavy atom. The number of nitrogens with zero attached hydrogens (tertiary/aromatic N) is 3. The Labute approximate surface area is 217 Å². The second-order valence-corrected chi connectivity index (χ2v) is 10.1. The van der Waals surface area contributed by atoms with Gasteiger partial charge in [-0.05, 0) is 58.8 Å². The fraction of sp³-hybridized carbons (Fsp3) is 0. The molecule has 0 saturated heterocycles. The molecule has 3 heterocycles. The maximum atomic E-state index is 10.1. The van der Waals surface area contributed by atoms with E-state index < -0.39 is 0 Å². The molecule has 3 heteroatoms. The van der Waals surface area contributed by atoms with E-state index in [0.717, 1.165) is 22.2 Å². The molecule has 0 unspecified atom stereocenters. The predicted molar refractivity (Wildman–Crippen MR) is 157 cm³/mol. The van der Waals surface area contributed by atoms with Gasteiger partial charge >= 0.3 is 0 Å². The van der Waals surface area contributed by atoms with Crippen molar-refractivity contribution in [1.29, 1.82) is 5.26 Å². The van der Waals surface area contributed by atoms with Gasteiger partial charge in [0, 0.05) is 32.8 Å². The van der Waals surface area contributed by atoms with Gasteiger partial charge < -0.3 is 8.97 Å². The van der Waals surface area contributed by atoms with Crippen molar-refractivity contribution < 1.29 is 0 Å². The average Bonchev–Trinajstić information content (AvgIpc) is 3.62. The number of fused-ring (bicyclic) bond motifs is 5. The molecule has 9 aromatic rings. The van der Waals surface area contributed by atoms with Crippen LogP contribution in [-0.2, 0) is 0 Å². The Kier molecular flexibility index (Phi) is 3.60. The van der Waals surface area contributed by atoms with Gasteiger partial charge in [-0.2, -0.15) is 5.26 Å². The van der Waals surface area contributed by atoms with Crippen molar-refractivity contribution in [3.8, 4) is 22.9 Å². The molecule has 9 rings (SSSR count). The van der Waals surface area contributed by atoms with E-state index in [1.165, 1.54) is 54.5 Å². The van der Waals surface area contributed by atoms with E-state index in [1.807, 2.05) is 6.07 Å². The van der Waals surface area contributed by atoms with Crippen molar-refractivity contribution in [2.45, 2.75) is 0 Å². The van der Waals surface area contributed by atoms with E-state index in [9.17, 15) is 5.26 Å². The van der Waals surface area contributed by atoms with E-state index in [2.05, 4.69) is 124 Å². The molecule has 3 aromatic heterocycles. The molecule has 0 spiro atoms. The van der Waals surface area contributed by atoms with E-state index in [0.29, 0.717) is 5.56 Å². The number of para-hydroxylation sites is 1. The molecule has 0 aliphatic heterocycles. The molecule has 3 nitrogen and oxygen atoms in total. The molecule has 38 heavy (non-hydrogen) atoms. The second-order valence-electron chi connectivity index (χ2n) is 10.1. The number of nitriles is 1. The first-order chi connectivity index (χ1) is 18.8. The van der Waals surface area contributed by atoms with Crippen molar-refractivity contribution >= 4 is 59.9 Å². The van der Waals surface area contributed by atoms with Gasteiger partial charge in [-0.25, -0.2) is 0 Å². The van der Waals surface area contributed by atoms with Crippen LogP contribution in [0.1, 0.15) is 5.56 Å². The Morgan fingerprint density at radius 3 is 2.18 bits per heavy atom. The van der Waals surface area contributed by atoms with Crippen molar-refractivity contribution in [2.24, 2.45) is 0 Å². The second kappa shape index (κ2) is 6.91. The van der Waals surface area contributed by atoms with Crippen molar-refractivity contribution in [2.75, 3.05) is 0 Å². The number of hydrogen-bond donors (Lipinski definition) is 0. The summed E-state index contributed by atoms with van der Waals surface area (Å²) in [6.07, 6.45) is 0. The maximum Gasteiger partial charge on any atom is 0.0998 e. The fourth-order valence-electron chi connectivity index (χ4n) is 6.75. The summed E-state index contributed by atoms with van der Waals surface area (Å²) in [7, 11) is 0. The normalized spacial score (nSPS) is 12.2. The molecule has 0 atom stereocenters. The summed E-state index contributed by atoms with van der Waals surface area (Å²) in [5.41, 5.74) is 9.94. The van der Waals surface area contributed by atoms with Gasteiger partial charge in [0.05, 0.1) is 39.2 Å². The van der Waals surface area contributed by atoms with Gasteiger partial charge in [0.15, 0.2) is 0 Å². The Hall–Kier alpha value is -5.33. The molecule has 6 aromatic carbocycles. The summed E-state index contributed by atoms with van der Waals surface area (Å²) >= 11 is 0. The highest BCUT2D eigenvalue weighted by Crippen LogP contribution is 2.46. The van der Waals surface area contributed by atoms with Crippen LogP contribution in [0.2, 0.25) is 0 Å². The van der Waals surface area contributed by atoms with Crippen molar-refractivity contribution in [3.05, 3.63) is 121 Å². The number of benzene rings is 6. The first-order valence-corrected chi connectivity index (χ1v) is 12.9. The SMILES string of the molecule is N#Cc1ccc(-n2c3cccc4c3c3c2ccc2c5ccccc5n4c23)cc1-c1cccc2ccccc12. The summed E-state index contributed by atoms with van der Waals surface area (Å²) in [6.45, 7) is 0. The van der Waals surface area contributed by atoms with Gasteiger partial charge in [-0.1, -0.05) is 72.8 Å². The topological polar surface area (TPSA) is 33.1 Å². The molecule has 0 aliphatic rings. The molecule has 0 N–H and O–H groups in total. The van der Waals surface area contributed by atoms with E-state index in [1.54, 1.807) is 0 Å². The smallest absolute Gasteiger partial charge is 0.0998 e. The minimum absolute atomic E-state index is 0.682. The number of aromatic nitrogens is 2. The van der Waals surface area contributed by atoms with E-state index in [4.69, 9.17) is 0 Å². The van der Waals surface area contributed by atoms with Gasteiger partial charge in [-0.15, -0.1) is 0 Å². The summed E-state index contributed by atoms with van der Waals surface area (Å²) in [5, 5.41) is 17.6. The van der Waals surface area contributed by atoms with Crippen molar-refractivity contribution in [1.82, 2.24) is 8.97 Å². The summed E-state index contributed by atoms with van der Waals surface area (Å²) < 4.78 is 4.80. The van der Waals surface area contributed by atoms with Crippen LogP contribution in [0.25, 0.3) is 76.7 Å². The molecule has 0 saturated carbocycles. The summed E-state index contributed by atoms with van der Waals surface area (Å²) in [5.74, 6) is 0. The maximum absolute atomic E-state index is 10.1. The number of rotatable bonds is 2. The predicted octanol–water partition coefficient (Wildman–Crippen LogP) is 8.91. The fourth-order valence-corrected chi connectivity index (χ4v) is 6.75. The zero-order chi connectivity index (χ0) is 25.0. The van der Waals surface area contributed by atoms with Crippen LogP contribution in [-0.4, -0.2) is 8.97 Å². The lowest BCUT2D eigenvalue weighted by atomic mass is 9.94. The summed E-state index contributed by atoms with van der Waals surface area (Å²) in [6, 6.07) is 43.2. The molecular formula is C35H19N3. The van der Waals surface area contributed by atoms with Gasteiger partial charge in [0.1, 0.15) is 0 Å². The lowest BCUT2D eigenvalue weighted by molar-refractivity contribution is 1.18. The van der Waals surface area contributed by atoms with Crippen LogP contribution >= 0.6 is 0 Å². The third-order valence-electron chi connectivity index (χ3n) is 8.27. The highest BCUT2D eigenvalue weighted by molar-refractivity contribution is 6.32. The monoisotopic (exact) mass is 481 g/mol. The quantitative estimate of drug-likeness (QED) is 0.243. The third kappa shape index (κ3) is 2.29. The van der Waals surface area contributed by atoms with Crippen LogP contribution < -0.4 is 0 Å². The van der Waals surface area contributed by atoms with Gasteiger partial charge in [0.25, 0.3) is 0 Å². The molecule has 0 fully saturated rings. The standard InChI is InChI=1S/C35H19N3/c36-20-22-15-16-23(19-28(22)25-11-5-8-21-7-1-2-9-24(21)25)37-30-13-6-14-31-33(30)34-32(37)18-17-27-26-10-3-4-12-29(26)38(31)35(27)34/h1-19H. The van der Waals surface area contributed by atoms with Crippen molar-refractivity contribution in [3.63, 3.8) is 0 Å². The van der Waals surface area contributed by atoms with Crippen LogP contribution in [0.4, 0.5) is 0 Å². The largest absolute Gasteiger partial charge is 0.309 e. The average molecular weight is 482 g/mol. The van der Waals surface area contributed by atoms with Crippen LogP contribution in [0.3, 0.4) is 0 Å². The highest BCUT2D eigenvalue weighted by atomic mass is 15.0. The number of hydrogen-bond acceptors (Lipinski definition) is 1. The molecule has 0 amide bonds. The Bertz CT molecular complexity index is 2410. The zero-order valence-electron chi connectivity index (χ0n) is 20.3. The molecule has 0 bridgehead atoms. The van der Waals surface area contributed by atoms with E-state index >= 15 is 0 Å². The van der Waals surface area contributed by atoms with Gasteiger partial charge in [-0.3, -0.25) is 0 Å². The third-order valence-corrected chi connectivity index (χ3v) is 8.27. The molecule has 0 radical (unpaired) electrons. The molecule has 174 valence electrons. The molecular weight excluding hydrogens is 462 g/mol. The Balaban J connectivity index is 1.41. The van der Waals surface area contributed by atoms with Crippen LogP contribution in [0, 0.1) is 11.3 Å². The summed E-state index contributed by atoms with van der Waals surface area (Å²) in [4.78, 5) is 0. The lowest BCUT2D eigenvalue weighted by Gasteiger charge is -2.14. The Morgan fingerprint density at radius 1 is 0.526 bits per heavy atom. The van der Waals surface area contributed by atoms with Gasteiger partial charge in [0.2, 0.25) is 0 Å².